The van der Waals surface area contributed by atoms with Crippen LogP contribution in [0.5, 0.6) is 0 Å². The van der Waals surface area contributed by atoms with Crippen LogP contribution < -0.4 is 0 Å². The highest BCUT2D eigenvalue weighted by Crippen LogP contribution is 2.42. The van der Waals surface area contributed by atoms with Crippen LogP contribution in [0.3, 0.4) is 0 Å². The zero-order valence-corrected chi connectivity index (χ0v) is 8.70. The van der Waals surface area contributed by atoms with E-state index in [-0.39, 0.29) is 0 Å². The van der Waals surface area contributed by atoms with Crippen LogP contribution in [0.4, 0.5) is 0 Å². The molecule has 4 heteroatoms. The van der Waals surface area contributed by atoms with Crippen molar-refractivity contribution in [3.63, 3.8) is 0 Å². The van der Waals surface area contributed by atoms with Crippen LogP contribution in [0.2, 0.25) is 0 Å². The van der Waals surface area contributed by atoms with Gasteiger partial charge in [-0.25, -0.2) is 0 Å². The van der Waals surface area contributed by atoms with Gasteiger partial charge in [0, 0.05) is 11.1 Å². The zero-order valence-electron chi connectivity index (χ0n) is 6.43. The Kier molecular flexibility index (Phi) is 2.18. The SMILES string of the molecule is ClC(Cl)(Cl)c1cc2ccocc-2c1. The Morgan fingerprint density at radius 1 is 1.08 bits per heavy atom. The fourth-order valence-electron chi connectivity index (χ4n) is 1.18. The second-order valence-corrected chi connectivity index (χ2v) is 4.99. The van der Waals surface area contributed by atoms with E-state index in [0.29, 0.717) is 5.56 Å². The average molecular weight is 235 g/mol. The molecule has 13 heavy (non-hydrogen) atoms. The molecule has 1 aliphatic heterocycles. The summed E-state index contributed by atoms with van der Waals surface area (Å²) in [6.45, 7) is 0. The molecule has 1 nitrogen and oxygen atoms in total. The Labute approximate surface area is 90.5 Å². The molecule has 68 valence electrons. The summed E-state index contributed by atoms with van der Waals surface area (Å²) in [5, 5.41) is 0. The van der Waals surface area contributed by atoms with Crippen molar-refractivity contribution in [3.8, 4) is 11.1 Å². The highest BCUT2D eigenvalue weighted by molar-refractivity contribution is 6.66. The van der Waals surface area contributed by atoms with Crippen LogP contribution in [-0.2, 0) is 3.79 Å². The summed E-state index contributed by atoms with van der Waals surface area (Å²) >= 11 is 17.2. The summed E-state index contributed by atoms with van der Waals surface area (Å²) in [5.74, 6) is 0. The number of halogens is 3. The molecule has 0 unspecified atom stereocenters. The maximum absolute atomic E-state index is 5.73. The molecule has 2 rings (SSSR count). The van der Waals surface area contributed by atoms with Crippen LogP contribution >= 0.6 is 34.8 Å². The quantitative estimate of drug-likeness (QED) is 0.624. The monoisotopic (exact) mass is 234 g/mol. The molecule has 0 atom stereocenters. The van der Waals surface area contributed by atoms with Gasteiger partial charge < -0.3 is 4.42 Å². The van der Waals surface area contributed by atoms with Gasteiger partial charge in [-0.15, -0.1) is 0 Å². The minimum atomic E-state index is -1.36. The molecule has 0 radical (unpaired) electrons. The van der Waals surface area contributed by atoms with Crippen molar-refractivity contribution in [2.75, 3.05) is 0 Å². The second kappa shape index (κ2) is 3.09. The van der Waals surface area contributed by atoms with Crippen LogP contribution in [-0.4, -0.2) is 0 Å². The van der Waals surface area contributed by atoms with Gasteiger partial charge in [-0.1, -0.05) is 34.8 Å². The minimum Gasteiger partial charge on any atom is -0.472 e. The molecule has 1 heterocycles. The number of hydrogen-bond donors (Lipinski definition) is 0. The molecular formula is C9H5Cl3O. The molecule has 2 aliphatic rings. The summed E-state index contributed by atoms with van der Waals surface area (Å²) in [6.07, 6.45) is 3.21. The molecule has 0 aromatic heterocycles. The lowest BCUT2D eigenvalue weighted by molar-refractivity contribution is 0.552. The molecule has 0 spiro atoms. The Hall–Kier alpha value is -0.370. The maximum Gasteiger partial charge on any atom is 0.216 e. The highest BCUT2D eigenvalue weighted by atomic mass is 35.6. The van der Waals surface area contributed by atoms with E-state index in [1.54, 1.807) is 18.6 Å². The van der Waals surface area contributed by atoms with Gasteiger partial charge in [-0.2, -0.15) is 0 Å². The van der Waals surface area contributed by atoms with Crippen LogP contribution in [0.15, 0.2) is 35.1 Å². The molecule has 0 saturated carbocycles. The number of alkyl halides is 3. The lowest BCUT2D eigenvalue weighted by atomic mass is 10.2. The van der Waals surface area contributed by atoms with E-state index in [1.807, 2.05) is 12.1 Å². The van der Waals surface area contributed by atoms with Crippen molar-refractivity contribution in [1.29, 1.82) is 0 Å². The molecular weight excluding hydrogens is 230 g/mol. The lowest BCUT2D eigenvalue weighted by Crippen LogP contribution is -1.95. The first kappa shape index (κ1) is 9.20. The van der Waals surface area contributed by atoms with E-state index in [4.69, 9.17) is 39.2 Å². The van der Waals surface area contributed by atoms with E-state index in [0.717, 1.165) is 11.1 Å². The van der Waals surface area contributed by atoms with Crippen molar-refractivity contribution < 1.29 is 4.42 Å². The van der Waals surface area contributed by atoms with Gasteiger partial charge in [0.25, 0.3) is 0 Å². The number of fused-ring (bicyclic) bond motifs is 1. The molecule has 0 N–H and O–H groups in total. The molecule has 1 aliphatic carbocycles. The van der Waals surface area contributed by atoms with Gasteiger partial charge in [-0.05, 0) is 23.8 Å². The van der Waals surface area contributed by atoms with Gasteiger partial charge in [0.2, 0.25) is 3.79 Å². The smallest absolute Gasteiger partial charge is 0.216 e. The Bertz CT molecular complexity index is 358. The Morgan fingerprint density at radius 2 is 1.77 bits per heavy atom. The summed E-state index contributed by atoms with van der Waals surface area (Å²) in [6, 6.07) is 5.46. The average Bonchev–Trinajstić information content (AvgIpc) is 2.45. The van der Waals surface area contributed by atoms with Crippen LogP contribution in [0.25, 0.3) is 11.1 Å². The summed E-state index contributed by atoms with van der Waals surface area (Å²) in [5.41, 5.74) is 2.60. The van der Waals surface area contributed by atoms with Crippen LogP contribution in [0, 0.1) is 0 Å². The van der Waals surface area contributed by atoms with E-state index < -0.39 is 3.79 Å². The van der Waals surface area contributed by atoms with Crippen molar-refractivity contribution >= 4 is 34.8 Å². The van der Waals surface area contributed by atoms with E-state index in [1.165, 1.54) is 0 Å². The summed E-state index contributed by atoms with van der Waals surface area (Å²) < 4.78 is 3.63. The standard InChI is InChI=1S/C9H5Cl3O/c10-9(11,12)8-3-6-1-2-13-5-7(6)4-8/h1-5H. The van der Waals surface area contributed by atoms with Crippen molar-refractivity contribution in [1.82, 2.24) is 0 Å². The first-order valence-electron chi connectivity index (χ1n) is 3.60. The number of hydrogen-bond acceptors (Lipinski definition) is 1. The highest BCUT2D eigenvalue weighted by Gasteiger charge is 2.25. The van der Waals surface area contributed by atoms with Crippen molar-refractivity contribution in [2.45, 2.75) is 3.79 Å². The molecule has 0 bridgehead atoms. The van der Waals surface area contributed by atoms with Gasteiger partial charge >= 0.3 is 0 Å². The first-order valence-corrected chi connectivity index (χ1v) is 4.74. The molecule has 0 saturated heterocycles. The summed E-state index contributed by atoms with van der Waals surface area (Å²) in [4.78, 5) is 0. The summed E-state index contributed by atoms with van der Waals surface area (Å²) in [7, 11) is 0. The van der Waals surface area contributed by atoms with Gasteiger partial charge in [-0.3, -0.25) is 0 Å². The Morgan fingerprint density at radius 3 is 2.38 bits per heavy atom. The van der Waals surface area contributed by atoms with Gasteiger partial charge in [0.15, 0.2) is 0 Å². The second-order valence-electron chi connectivity index (χ2n) is 2.71. The normalized spacial score (nSPS) is 12.2. The van der Waals surface area contributed by atoms with Crippen molar-refractivity contribution in [3.05, 3.63) is 36.3 Å². The predicted molar refractivity (Wildman–Crippen MR) is 54.6 cm³/mol. The lowest BCUT2D eigenvalue weighted by Gasteiger charge is -2.06. The maximum atomic E-state index is 5.73. The van der Waals surface area contributed by atoms with E-state index >= 15 is 0 Å². The first-order chi connectivity index (χ1) is 6.07. The number of rotatable bonds is 0. The zero-order chi connectivity index (χ0) is 9.47. The van der Waals surface area contributed by atoms with Crippen LogP contribution in [0.1, 0.15) is 5.56 Å². The third kappa shape index (κ3) is 1.78. The third-order valence-corrected chi connectivity index (χ3v) is 2.46. The topological polar surface area (TPSA) is 13.1 Å². The fraction of sp³-hybridized carbons (Fsp3) is 0.111. The van der Waals surface area contributed by atoms with Crippen molar-refractivity contribution in [2.24, 2.45) is 0 Å². The van der Waals surface area contributed by atoms with E-state index in [9.17, 15) is 0 Å². The van der Waals surface area contributed by atoms with Gasteiger partial charge in [0.05, 0.1) is 12.5 Å². The Balaban J connectivity index is 2.58. The van der Waals surface area contributed by atoms with E-state index in [2.05, 4.69) is 0 Å². The largest absolute Gasteiger partial charge is 0.472 e. The van der Waals surface area contributed by atoms with Gasteiger partial charge in [0.1, 0.15) is 0 Å². The molecule has 0 aromatic rings. The molecule has 0 aromatic carbocycles. The fourth-order valence-corrected chi connectivity index (χ4v) is 1.51. The predicted octanol–water partition coefficient (Wildman–Crippen LogP) is 4.21. The molecule has 0 amide bonds. The molecule has 0 fully saturated rings. The minimum absolute atomic E-state index is 0.661. The third-order valence-electron chi connectivity index (χ3n) is 1.80.